The quantitative estimate of drug-likeness (QED) is 0.650. The van der Waals surface area contributed by atoms with Gasteiger partial charge >= 0.3 is 0 Å². The predicted molar refractivity (Wildman–Crippen MR) is 98.4 cm³/mol. The van der Waals surface area contributed by atoms with Gasteiger partial charge in [0.1, 0.15) is 0 Å². The van der Waals surface area contributed by atoms with Crippen molar-refractivity contribution in [3.63, 3.8) is 0 Å². The Labute approximate surface area is 156 Å². The number of piperidine rings is 1. The summed E-state index contributed by atoms with van der Waals surface area (Å²) in [7, 11) is -6.67. The van der Waals surface area contributed by atoms with Crippen molar-refractivity contribution in [2.24, 2.45) is 10.8 Å². The minimum absolute atomic E-state index is 0.0398. The number of sulfonamides is 2. The Bertz CT molecular complexity index is 787. The van der Waals surface area contributed by atoms with E-state index in [0.29, 0.717) is 52.0 Å². The van der Waals surface area contributed by atoms with E-state index in [1.54, 1.807) is 6.92 Å². The van der Waals surface area contributed by atoms with Crippen molar-refractivity contribution in [3.05, 3.63) is 0 Å². The molecule has 1 amide bonds. The van der Waals surface area contributed by atoms with Crippen LogP contribution >= 0.6 is 0 Å². The van der Waals surface area contributed by atoms with E-state index >= 15 is 0 Å². The van der Waals surface area contributed by atoms with Crippen LogP contribution in [0, 0.1) is 10.8 Å². The number of hydrogen-bond donors (Lipinski definition) is 0. The van der Waals surface area contributed by atoms with Crippen molar-refractivity contribution in [3.8, 4) is 0 Å². The van der Waals surface area contributed by atoms with E-state index in [9.17, 15) is 21.6 Å². The van der Waals surface area contributed by atoms with Gasteiger partial charge in [0, 0.05) is 44.7 Å². The second-order valence-corrected chi connectivity index (χ2v) is 12.1. The van der Waals surface area contributed by atoms with Gasteiger partial charge in [-0.2, -0.15) is 0 Å². The van der Waals surface area contributed by atoms with Crippen LogP contribution in [-0.2, 0) is 24.8 Å². The normalized spacial score (nSPS) is 30.7. The number of likely N-dealkylation sites (tertiary alicyclic amines) is 1. The van der Waals surface area contributed by atoms with E-state index in [0.717, 1.165) is 0 Å². The lowest BCUT2D eigenvalue weighted by Gasteiger charge is -2.46. The molecule has 3 saturated heterocycles. The van der Waals surface area contributed by atoms with Crippen LogP contribution in [0.4, 0.5) is 0 Å². The molecule has 0 radical (unpaired) electrons. The first kappa shape index (κ1) is 20.0. The fourth-order valence-corrected chi connectivity index (χ4v) is 7.08. The van der Waals surface area contributed by atoms with Crippen LogP contribution in [0.5, 0.6) is 0 Å². The van der Waals surface area contributed by atoms with E-state index in [2.05, 4.69) is 0 Å². The lowest BCUT2D eigenvalue weighted by Crippen LogP contribution is -2.53. The third-order valence-corrected chi connectivity index (χ3v) is 9.81. The smallest absolute Gasteiger partial charge is 0.230 e. The van der Waals surface area contributed by atoms with Crippen LogP contribution < -0.4 is 0 Å². The average molecular weight is 408 g/mol. The number of fused-ring (bicyclic) bond motifs is 1. The summed E-state index contributed by atoms with van der Waals surface area (Å²) in [6.45, 7) is 6.07. The Hall–Kier alpha value is -0.710. The Morgan fingerprint density at radius 3 is 2.00 bits per heavy atom. The predicted octanol–water partition coefficient (Wildman–Crippen LogP) is -0.0679. The zero-order valence-corrected chi connectivity index (χ0v) is 17.4. The maximum absolute atomic E-state index is 13.2. The molecule has 0 aliphatic carbocycles. The molecule has 0 aromatic rings. The summed E-state index contributed by atoms with van der Waals surface area (Å²) in [5.74, 6) is 0.0984. The highest BCUT2D eigenvalue weighted by Crippen LogP contribution is 2.58. The lowest BCUT2D eigenvalue weighted by atomic mass is 9.60. The summed E-state index contributed by atoms with van der Waals surface area (Å²) in [6.07, 6.45) is 2.89. The molecule has 1 atom stereocenters. The fraction of sp³-hybridized carbons (Fsp3) is 0.938. The van der Waals surface area contributed by atoms with Gasteiger partial charge in [0.15, 0.2) is 0 Å². The molecule has 150 valence electrons. The second kappa shape index (κ2) is 6.42. The fourth-order valence-electron chi connectivity index (χ4n) is 5.04. The van der Waals surface area contributed by atoms with E-state index in [1.165, 1.54) is 14.9 Å². The standard InChI is InChI=1S/C16H29N3O5S2/c1-4-17-9-8-16(14(17)20)13-19(25(3,21)22)12-15(16)6-10-18(11-7-15)26(23,24)5-2/h4-13H2,1-3H3/t16-/m1/s1. The number of rotatable bonds is 4. The molecule has 26 heavy (non-hydrogen) atoms. The summed E-state index contributed by atoms with van der Waals surface area (Å²) in [6, 6.07) is 0. The van der Waals surface area contributed by atoms with Crippen LogP contribution in [0.3, 0.4) is 0 Å². The molecule has 0 aromatic carbocycles. The van der Waals surface area contributed by atoms with E-state index in [-0.39, 0.29) is 18.2 Å². The Morgan fingerprint density at radius 1 is 0.923 bits per heavy atom. The zero-order valence-electron chi connectivity index (χ0n) is 15.8. The van der Waals surface area contributed by atoms with Gasteiger partial charge in [-0.05, 0) is 33.1 Å². The summed E-state index contributed by atoms with van der Waals surface area (Å²) in [5, 5.41) is 0. The monoisotopic (exact) mass is 407 g/mol. The Kier molecular flexibility index (Phi) is 4.95. The number of carbonyl (C=O) groups excluding carboxylic acids is 1. The zero-order chi connectivity index (χ0) is 19.4. The molecule has 3 heterocycles. The molecule has 0 aromatic heterocycles. The molecule has 3 aliphatic rings. The first-order valence-corrected chi connectivity index (χ1v) is 12.7. The van der Waals surface area contributed by atoms with Crippen LogP contribution in [0.1, 0.15) is 33.1 Å². The molecule has 3 aliphatic heterocycles. The average Bonchev–Trinajstić information content (AvgIpc) is 3.08. The molecular weight excluding hydrogens is 378 g/mol. The third-order valence-electron chi connectivity index (χ3n) is 6.73. The van der Waals surface area contributed by atoms with Gasteiger partial charge in [0.05, 0.1) is 17.4 Å². The number of nitrogens with zero attached hydrogens (tertiary/aromatic N) is 3. The van der Waals surface area contributed by atoms with Crippen molar-refractivity contribution >= 4 is 26.0 Å². The first-order chi connectivity index (χ1) is 12.0. The highest BCUT2D eigenvalue weighted by Gasteiger charge is 2.66. The Balaban J connectivity index is 1.95. The van der Waals surface area contributed by atoms with Crippen LogP contribution in [0.25, 0.3) is 0 Å². The molecule has 2 spiro atoms. The highest BCUT2D eigenvalue weighted by molar-refractivity contribution is 7.89. The largest absolute Gasteiger partial charge is 0.342 e. The second-order valence-electron chi connectivity index (χ2n) is 7.83. The summed E-state index contributed by atoms with van der Waals surface area (Å²) in [5.41, 5.74) is -1.19. The molecule has 3 rings (SSSR count). The van der Waals surface area contributed by atoms with Crippen molar-refractivity contribution in [1.82, 2.24) is 13.5 Å². The van der Waals surface area contributed by atoms with Crippen LogP contribution in [-0.4, -0.2) is 87.5 Å². The summed E-state index contributed by atoms with van der Waals surface area (Å²) < 4.78 is 51.8. The van der Waals surface area contributed by atoms with Crippen molar-refractivity contribution < 1.29 is 21.6 Å². The molecular formula is C16H29N3O5S2. The molecule has 8 nitrogen and oxygen atoms in total. The van der Waals surface area contributed by atoms with Gasteiger partial charge in [-0.25, -0.2) is 25.4 Å². The maximum Gasteiger partial charge on any atom is 0.230 e. The number of carbonyl (C=O) groups is 1. The molecule has 10 heteroatoms. The number of hydrogen-bond acceptors (Lipinski definition) is 5. The minimum atomic E-state index is -3.40. The van der Waals surface area contributed by atoms with Gasteiger partial charge in [0.2, 0.25) is 26.0 Å². The van der Waals surface area contributed by atoms with Crippen LogP contribution in [0.15, 0.2) is 0 Å². The third kappa shape index (κ3) is 2.89. The highest BCUT2D eigenvalue weighted by atomic mass is 32.2. The van der Waals surface area contributed by atoms with Gasteiger partial charge in [0.25, 0.3) is 0 Å². The molecule has 0 bridgehead atoms. The van der Waals surface area contributed by atoms with Gasteiger partial charge in [-0.3, -0.25) is 4.79 Å². The van der Waals surface area contributed by atoms with Crippen molar-refractivity contribution in [2.45, 2.75) is 33.1 Å². The van der Waals surface area contributed by atoms with Crippen molar-refractivity contribution in [1.29, 1.82) is 0 Å². The van der Waals surface area contributed by atoms with E-state index in [4.69, 9.17) is 0 Å². The van der Waals surface area contributed by atoms with Crippen molar-refractivity contribution in [2.75, 3.05) is 51.3 Å². The molecule has 3 fully saturated rings. The van der Waals surface area contributed by atoms with Gasteiger partial charge < -0.3 is 4.90 Å². The summed E-state index contributed by atoms with van der Waals surface area (Å²) >= 11 is 0. The van der Waals surface area contributed by atoms with E-state index < -0.39 is 30.9 Å². The first-order valence-electron chi connectivity index (χ1n) is 9.24. The molecule has 0 N–H and O–H groups in total. The SMILES string of the molecule is CCN1CC[C@@]2(CN(S(C)(=O)=O)CC23CCN(S(=O)(=O)CC)CC3)C1=O. The minimum Gasteiger partial charge on any atom is -0.342 e. The van der Waals surface area contributed by atoms with Gasteiger partial charge in [-0.15, -0.1) is 0 Å². The van der Waals surface area contributed by atoms with Crippen LogP contribution in [0.2, 0.25) is 0 Å². The molecule has 0 unspecified atom stereocenters. The number of amides is 1. The maximum atomic E-state index is 13.2. The van der Waals surface area contributed by atoms with Gasteiger partial charge in [-0.1, -0.05) is 0 Å². The topological polar surface area (TPSA) is 95.1 Å². The summed E-state index contributed by atoms with van der Waals surface area (Å²) in [4.78, 5) is 15.0. The van der Waals surface area contributed by atoms with E-state index in [1.807, 2.05) is 11.8 Å². The molecule has 0 saturated carbocycles. The lowest BCUT2D eigenvalue weighted by molar-refractivity contribution is -0.141. The Morgan fingerprint density at radius 2 is 1.54 bits per heavy atom.